The van der Waals surface area contributed by atoms with E-state index in [2.05, 4.69) is 4.74 Å². The number of rotatable bonds is 8. The summed E-state index contributed by atoms with van der Waals surface area (Å²) in [7, 11) is -3.06. The molecule has 0 aliphatic heterocycles. The minimum Gasteiger partial charge on any atom is -0.435 e. The lowest BCUT2D eigenvalue weighted by Crippen LogP contribution is -2.37. The SMILES string of the molecule is CCN(Cc1cccc(OC(F)F)c1)C(C)CS(C)(=O)=O. The number of hydrogen-bond donors (Lipinski definition) is 0. The molecule has 0 saturated carbocycles. The molecule has 21 heavy (non-hydrogen) atoms. The van der Waals surface area contributed by atoms with Gasteiger partial charge in [0, 0.05) is 18.8 Å². The summed E-state index contributed by atoms with van der Waals surface area (Å²) in [4.78, 5) is 1.97. The molecule has 1 aromatic rings. The van der Waals surface area contributed by atoms with Crippen molar-refractivity contribution in [1.29, 1.82) is 0 Å². The van der Waals surface area contributed by atoms with Crippen molar-refractivity contribution in [3.63, 3.8) is 0 Å². The maximum atomic E-state index is 12.2. The van der Waals surface area contributed by atoms with Gasteiger partial charge in [-0.2, -0.15) is 8.78 Å². The largest absolute Gasteiger partial charge is 0.435 e. The molecular formula is C14H21F2NO3S. The number of sulfone groups is 1. The maximum absolute atomic E-state index is 12.2. The maximum Gasteiger partial charge on any atom is 0.387 e. The number of halogens is 2. The van der Waals surface area contributed by atoms with Crippen molar-refractivity contribution in [1.82, 2.24) is 4.90 Å². The zero-order chi connectivity index (χ0) is 16.0. The van der Waals surface area contributed by atoms with Crippen molar-refractivity contribution in [3.8, 4) is 5.75 Å². The van der Waals surface area contributed by atoms with Crippen molar-refractivity contribution in [3.05, 3.63) is 29.8 Å². The molecule has 7 heteroatoms. The Bertz CT molecular complexity index is 549. The van der Waals surface area contributed by atoms with Gasteiger partial charge in [-0.15, -0.1) is 0 Å². The number of ether oxygens (including phenoxy) is 1. The fraction of sp³-hybridized carbons (Fsp3) is 0.571. The molecule has 0 aliphatic rings. The summed E-state index contributed by atoms with van der Waals surface area (Å²) >= 11 is 0. The second-order valence-corrected chi connectivity index (χ2v) is 7.22. The minimum atomic E-state index is -3.06. The van der Waals surface area contributed by atoms with E-state index in [0.717, 1.165) is 5.56 Å². The van der Waals surface area contributed by atoms with Crippen LogP contribution in [0.1, 0.15) is 19.4 Å². The summed E-state index contributed by atoms with van der Waals surface area (Å²) in [5.41, 5.74) is 0.801. The summed E-state index contributed by atoms with van der Waals surface area (Å²) in [5, 5.41) is 0. The first-order valence-electron chi connectivity index (χ1n) is 6.66. The van der Waals surface area contributed by atoms with Crippen LogP contribution in [0.3, 0.4) is 0 Å². The van der Waals surface area contributed by atoms with Crippen molar-refractivity contribution in [2.24, 2.45) is 0 Å². The molecule has 120 valence electrons. The molecule has 0 spiro atoms. The predicted molar refractivity (Wildman–Crippen MR) is 78.3 cm³/mol. The van der Waals surface area contributed by atoms with Crippen LogP contribution < -0.4 is 4.74 Å². The topological polar surface area (TPSA) is 46.6 Å². The van der Waals surface area contributed by atoms with Gasteiger partial charge in [-0.25, -0.2) is 8.42 Å². The Labute approximate surface area is 124 Å². The Kier molecular flexibility index (Phi) is 6.54. The fourth-order valence-electron chi connectivity index (χ4n) is 2.18. The standard InChI is InChI=1S/C14H21F2NO3S/c1-4-17(11(2)10-21(3,18)19)9-12-6-5-7-13(8-12)20-14(15)16/h5-8,11,14H,4,9-10H2,1-3H3. The van der Waals surface area contributed by atoms with E-state index in [1.165, 1.54) is 12.3 Å². The smallest absolute Gasteiger partial charge is 0.387 e. The Balaban J connectivity index is 2.77. The van der Waals surface area contributed by atoms with E-state index in [1.54, 1.807) is 18.2 Å². The van der Waals surface area contributed by atoms with Crippen molar-refractivity contribution >= 4 is 9.84 Å². The monoisotopic (exact) mass is 321 g/mol. The third-order valence-electron chi connectivity index (χ3n) is 3.08. The van der Waals surface area contributed by atoms with E-state index in [4.69, 9.17) is 0 Å². The molecule has 0 amide bonds. The van der Waals surface area contributed by atoms with Crippen LogP contribution in [-0.2, 0) is 16.4 Å². The number of nitrogens with zero attached hydrogens (tertiary/aromatic N) is 1. The predicted octanol–water partition coefficient (Wildman–Crippen LogP) is 2.54. The lowest BCUT2D eigenvalue weighted by molar-refractivity contribution is -0.0499. The minimum absolute atomic E-state index is 0.0636. The summed E-state index contributed by atoms with van der Waals surface area (Å²) in [6.45, 7) is 2.05. The van der Waals surface area contributed by atoms with Crippen LogP contribution in [-0.4, -0.2) is 44.5 Å². The van der Waals surface area contributed by atoms with Gasteiger partial charge in [0.05, 0.1) is 5.75 Å². The Morgan fingerprint density at radius 1 is 1.33 bits per heavy atom. The molecule has 0 radical (unpaired) electrons. The molecule has 0 aliphatic carbocycles. The zero-order valence-corrected chi connectivity index (χ0v) is 13.2. The first kappa shape index (κ1) is 17.8. The van der Waals surface area contributed by atoms with Crippen LogP contribution in [0.25, 0.3) is 0 Å². The molecule has 4 nitrogen and oxygen atoms in total. The Morgan fingerprint density at radius 2 is 2.00 bits per heavy atom. The summed E-state index contributed by atoms with van der Waals surface area (Å²) in [6, 6.07) is 6.30. The van der Waals surface area contributed by atoms with Gasteiger partial charge in [0.25, 0.3) is 0 Å². The Hall–Kier alpha value is -1.21. The third kappa shape index (κ3) is 6.86. The second-order valence-electron chi connectivity index (χ2n) is 5.03. The highest BCUT2D eigenvalue weighted by molar-refractivity contribution is 7.90. The van der Waals surface area contributed by atoms with Gasteiger partial charge in [0.15, 0.2) is 0 Å². The van der Waals surface area contributed by atoms with Crippen molar-refractivity contribution in [2.45, 2.75) is 33.0 Å². The molecular weight excluding hydrogens is 300 g/mol. The average molecular weight is 321 g/mol. The molecule has 0 aromatic heterocycles. The van der Waals surface area contributed by atoms with Gasteiger partial charge in [0.1, 0.15) is 15.6 Å². The highest BCUT2D eigenvalue weighted by Gasteiger charge is 2.17. The first-order valence-corrected chi connectivity index (χ1v) is 8.73. The fourth-order valence-corrected chi connectivity index (χ4v) is 3.26. The normalized spacial score (nSPS) is 13.7. The van der Waals surface area contributed by atoms with Gasteiger partial charge in [-0.1, -0.05) is 19.1 Å². The second kappa shape index (κ2) is 7.70. The van der Waals surface area contributed by atoms with Crippen LogP contribution in [0.2, 0.25) is 0 Å². The molecule has 0 heterocycles. The number of hydrogen-bond acceptors (Lipinski definition) is 4. The van der Waals surface area contributed by atoms with Crippen LogP contribution >= 0.6 is 0 Å². The van der Waals surface area contributed by atoms with Gasteiger partial charge in [-0.3, -0.25) is 4.90 Å². The van der Waals surface area contributed by atoms with Gasteiger partial charge >= 0.3 is 6.61 Å². The molecule has 1 aromatic carbocycles. The first-order chi connectivity index (χ1) is 9.71. The number of benzene rings is 1. The molecule has 0 fully saturated rings. The van der Waals surface area contributed by atoms with Gasteiger partial charge in [-0.05, 0) is 31.2 Å². The van der Waals surface area contributed by atoms with Crippen LogP contribution in [0.15, 0.2) is 24.3 Å². The highest BCUT2D eigenvalue weighted by atomic mass is 32.2. The van der Waals surface area contributed by atoms with E-state index < -0.39 is 16.4 Å². The zero-order valence-electron chi connectivity index (χ0n) is 12.4. The Morgan fingerprint density at radius 3 is 2.52 bits per heavy atom. The third-order valence-corrected chi connectivity index (χ3v) is 4.17. The van der Waals surface area contributed by atoms with Crippen LogP contribution in [0, 0.1) is 0 Å². The number of alkyl halides is 2. The summed E-state index contributed by atoms with van der Waals surface area (Å²) in [5.74, 6) is 0.169. The molecule has 1 atom stereocenters. The van der Waals surface area contributed by atoms with Crippen molar-refractivity contribution < 1.29 is 21.9 Å². The van der Waals surface area contributed by atoms with Gasteiger partial charge < -0.3 is 4.74 Å². The van der Waals surface area contributed by atoms with E-state index in [0.29, 0.717) is 13.1 Å². The molecule has 0 N–H and O–H groups in total. The van der Waals surface area contributed by atoms with Crippen molar-refractivity contribution in [2.75, 3.05) is 18.6 Å². The summed E-state index contributed by atoms with van der Waals surface area (Å²) in [6.07, 6.45) is 1.20. The lowest BCUT2D eigenvalue weighted by Gasteiger charge is -2.27. The lowest BCUT2D eigenvalue weighted by atomic mass is 10.2. The highest BCUT2D eigenvalue weighted by Crippen LogP contribution is 2.18. The molecule has 0 bridgehead atoms. The van der Waals surface area contributed by atoms with E-state index in [1.807, 2.05) is 18.7 Å². The van der Waals surface area contributed by atoms with E-state index in [9.17, 15) is 17.2 Å². The quantitative estimate of drug-likeness (QED) is 0.738. The van der Waals surface area contributed by atoms with E-state index in [-0.39, 0.29) is 17.5 Å². The molecule has 0 saturated heterocycles. The van der Waals surface area contributed by atoms with Crippen LogP contribution in [0.4, 0.5) is 8.78 Å². The molecule has 1 rings (SSSR count). The van der Waals surface area contributed by atoms with E-state index >= 15 is 0 Å². The molecule has 1 unspecified atom stereocenters. The van der Waals surface area contributed by atoms with Crippen LogP contribution in [0.5, 0.6) is 5.75 Å². The summed E-state index contributed by atoms with van der Waals surface area (Å²) < 4.78 is 51.5. The average Bonchev–Trinajstić information content (AvgIpc) is 2.33. The van der Waals surface area contributed by atoms with Gasteiger partial charge in [0.2, 0.25) is 0 Å².